The molecule has 0 N–H and O–H groups in total. The van der Waals surface area contributed by atoms with Gasteiger partial charge in [-0.3, -0.25) is 0 Å². The Bertz CT molecular complexity index is 907. The fraction of sp³-hybridized carbons (Fsp3) is 0.0556. The topological polar surface area (TPSA) is 26.0 Å². The van der Waals surface area contributed by atoms with Crippen molar-refractivity contribution in [2.45, 2.75) is 6.92 Å². The van der Waals surface area contributed by atoms with Crippen molar-refractivity contribution >= 4 is 22.1 Å². The highest BCUT2D eigenvalue weighted by Crippen LogP contribution is 2.34. The Labute approximate surface area is 116 Å². The number of aryl methyl sites for hydroxylation is 1. The fourth-order valence-electron chi connectivity index (χ4n) is 2.61. The molecule has 2 aromatic carbocycles. The standard InChI is InChI=1S/C18H13NO/c1-12-10-11-16-17(19-12)15-9-5-8-14(18(15)20-16)13-6-3-2-4-7-13/h2-11H,1H3. The highest BCUT2D eigenvalue weighted by Gasteiger charge is 2.12. The molecule has 4 aromatic rings. The summed E-state index contributed by atoms with van der Waals surface area (Å²) in [6, 6.07) is 20.5. The Balaban J connectivity index is 2.11. The van der Waals surface area contributed by atoms with Gasteiger partial charge in [-0.2, -0.15) is 0 Å². The smallest absolute Gasteiger partial charge is 0.153 e. The number of hydrogen-bond donors (Lipinski definition) is 0. The average Bonchev–Trinajstić information content (AvgIpc) is 2.86. The molecule has 0 aliphatic heterocycles. The number of rotatable bonds is 1. The molecule has 0 fully saturated rings. The largest absolute Gasteiger partial charge is 0.454 e. The summed E-state index contributed by atoms with van der Waals surface area (Å²) in [7, 11) is 0. The molecule has 20 heavy (non-hydrogen) atoms. The molecule has 0 amide bonds. The van der Waals surface area contributed by atoms with Gasteiger partial charge in [0.15, 0.2) is 5.58 Å². The van der Waals surface area contributed by atoms with Crippen LogP contribution in [0.3, 0.4) is 0 Å². The first-order valence-electron chi connectivity index (χ1n) is 6.67. The molecule has 0 unspecified atom stereocenters. The van der Waals surface area contributed by atoms with E-state index in [1.54, 1.807) is 0 Å². The molecule has 2 heterocycles. The number of benzene rings is 2. The fourth-order valence-corrected chi connectivity index (χ4v) is 2.61. The lowest BCUT2D eigenvalue weighted by Gasteiger charge is -2.01. The van der Waals surface area contributed by atoms with Crippen LogP contribution < -0.4 is 0 Å². The molecule has 2 heteroatoms. The molecule has 0 saturated carbocycles. The Morgan fingerprint density at radius 3 is 2.55 bits per heavy atom. The summed E-state index contributed by atoms with van der Waals surface area (Å²) >= 11 is 0. The maximum absolute atomic E-state index is 6.03. The van der Waals surface area contributed by atoms with Crippen LogP contribution in [0.25, 0.3) is 33.2 Å². The summed E-state index contributed by atoms with van der Waals surface area (Å²) in [6.07, 6.45) is 0. The third kappa shape index (κ3) is 1.62. The lowest BCUT2D eigenvalue weighted by Crippen LogP contribution is -1.80. The Kier molecular flexibility index (Phi) is 2.36. The predicted molar refractivity (Wildman–Crippen MR) is 81.7 cm³/mol. The summed E-state index contributed by atoms with van der Waals surface area (Å²) < 4.78 is 6.03. The van der Waals surface area contributed by atoms with Gasteiger partial charge >= 0.3 is 0 Å². The van der Waals surface area contributed by atoms with Crippen molar-refractivity contribution in [2.75, 3.05) is 0 Å². The van der Waals surface area contributed by atoms with Crippen molar-refractivity contribution in [3.63, 3.8) is 0 Å². The minimum absolute atomic E-state index is 0.842. The first kappa shape index (κ1) is 11.2. The van der Waals surface area contributed by atoms with Crippen molar-refractivity contribution in [2.24, 2.45) is 0 Å². The molecule has 0 bridgehead atoms. The van der Waals surface area contributed by atoms with Crippen LogP contribution in [0, 0.1) is 6.92 Å². The number of hydrogen-bond acceptors (Lipinski definition) is 2. The van der Waals surface area contributed by atoms with Gasteiger partial charge in [0.1, 0.15) is 11.1 Å². The van der Waals surface area contributed by atoms with Crippen LogP contribution in [0.5, 0.6) is 0 Å². The number of pyridine rings is 1. The van der Waals surface area contributed by atoms with E-state index in [1.807, 2.05) is 37.3 Å². The van der Waals surface area contributed by atoms with Crippen LogP contribution in [0.15, 0.2) is 65.1 Å². The maximum Gasteiger partial charge on any atom is 0.153 e. The summed E-state index contributed by atoms with van der Waals surface area (Å²) in [5.41, 5.74) is 5.97. The normalized spacial score (nSPS) is 11.2. The highest BCUT2D eigenvalue weighted by molar-refractivity contribution is 6.07. The van der Waals surface area contributed by atoms with E-state index in [2.05, 4.69) is 35.3 Å². The van der Waals surface area contributed by atoms with Crippen molar-refractivity contribution in [3.05, 3.63) is 66.4 Å². The van der Waals surface area contributed by atoms with Gasteiger partial charge in [0.05, 0.1) is 0 Å². The monoisotopic (exact) mass is 259 g/mol. The molecular weight excluding hydrogens is 246 g/mol. The molecule has 0 saturated heterocycles. The number of aromatic nitrogens is 1. The summed E-state index contributed by atoms with van der Waals surface area (Å²) in [4.78, 5) is 4.60. The van der Waals surface area contributed by atoms with Gasteiger partial charge in [-0.15, -0.1) is 0 Å². The Morgan fingerprint density at radius 2 is 1.70 bits per heavy atom. The lowest BCUT2D eigenvalue weighted by molar-refractivity contribution is 0.669. The lowest BCUT2D eigenvalue weighted by atomic mass is 10.0. The van der Waals surface area contributed by atoms with E-state index >= 15 is 0 Å². The summed E-state index contributed by atoms with van der Waals surface area (Å²) in [5.74, 6) is 0. The van der Waals surface area contributed by atoms with E-state index in [1.165, 1.54) is 0 Å². The van der Waals surface area contributed by atoms with E-state index in [9.17, 15) is 0 Å². The minimum atomic E-state index is 0.842. The molecule has 0 aliphatic carbocycles. The van der Waals surface area contributed by atoms with Crippen molar-refractivity contribution < 1.29 is 4.42 Å². The van der Waals surface area contributed by atoms with Gasteiger partial charge < -0.3 is 4.42 Å². The first-order valence-corrected chi connectivity index (χ1v) is 6.67. The Morgan fingerprint density at radius 1 is 0.850 bits per heavy atom. The van der Waals surface area contributed by atoms with Crippen molar-refractivity contribution in [1.82, 2.24) is 4.98 Å². The molecule has 2 nitrogen and oxygen atoms in total. The van der Waals surface area contributed by atoms with Crippen LogP contribution in [-0.2, 0) is 0 Å². The van der Waals surface area contributed by atoms with Crippen LogP contribution in [0.2, 0.25) is 0 Å². The van der Waals surface area contributed by atoms with E-state index in [4.69, 9.17) is 4.42 Å². The van der Waals surface area contributed by atoms with Crippen LogP contribution >= 0.6 is 0 Å². The van der Waals surface area contributed by atoms with Crippen LogP contribution in [0.4, 0.5) is 0 Å². The van der Waals surface area contributed by atoms with Gasteiger partial charge in [0.25, 0.3) is 0 Å². The molecule has 0 spiro atoms. The van der Waals surface area contributed by atoms with Gasteiger partial charge in [-0.05, 0) is 30.7 Å². The SMILES string of the molecule is Cc1ccc2oc3c(-c4ccccc4)cccc3c2n1. The van der Waals surface area contributed by atoms with E-state index in [-0.39, 0.29) is 0 Å². The van der Waals surface area contributed by atoms with E-state index < -0.39 is 0 Å². The van der Waals surface area contributed by atoms with Gasteiger partial charge in [0, 0.05) is 16.6 Å². The first-order chi connectivity index (χ1) is 9.83. The van der Waals surface area contributed by atoms with Crippen molar-refractivity contribution in [3.8, 4) is 11.1 Å². The second kappa shape index (κ2) is 4.20. The molecular formula is C18H13NO. The maximum atomic E-state index is 6.03. The van der Waals surface area contributed by atoms with Gasteiger partial charge in [0.2, 0.25) is 0 Å². The Hall–Kier alpha value is -2.61. The number of para-hydroxylation sites is 1. The zero-order valence-electron chi connectivity index (χ0n) is 11.1. The quantitative estimate of drug-likeness (QED) is 0.483. The highest BCUT2D eigenvalue weighted by atomic mass is 16.3. The molecule has 2 aromatic heterocycles. The van der Waals surface area contributed by atoms with Crippen LogP contribution in [0.1, 0.15) is 5.69 Å². The number of nitrogens with zero attached hydrogens (tertiary/aromatic N) is 1. The van der Waals surface area contributed by atoms with E-state index in [0.29, 0.717) is 0 Å². The van der Waals surface area contributed by atoms with Crippen molar-refractivity contribution in [1.29, 1.82) is 0 Å². The number of fused-ring (bicyclic) bond motifs is 3. The molecule has 0 atom stereocenters. The summed E-state index contributed by atoms with van der Waals surface area (Å²) in [5, 5.41) is 1.07. The minimum Gasteiger partial charge on any atom is -0.454 e. The van der Waals surface area contributed by atoms with Gasteiger partial charge in [-0.25, -0.2) is 4.98 Å². The third-order valence-corrected chi connectivity index (χ3v) is 3.56. The van der Waals surface area contributed by atoms with E-state index in [0.717, 1.165) is 38.9 Å². The predicted octanol–water partition coefficient (Wildman–Crippen LogP) is 4.96. The second-order valence-corrected chi connectivity index (χ2v) is 4.95. The third-order valence-electron chi connectivity index (χ3n) is 3.56. The zero-order valence-corrected chi connectivity index (χ0v) is 11.1. The molecule has 4 rings (SSSR count). The van der Waals surface area contributed by atoms with Gasteiger partial charge in [-0.1, -0.05) is 42.5 Å². The summed E-state index contributed by atoms with van der Waals surface area (Å²) in [6.45, 7) is 2.00. The molecule has 0 aliphatic rings. The zero-order chi connectivity index (χ0) is 13.5. The average molecular weight is 259 g/mol. The molecule has 0 radical (unpaired) electrons. The second-order valence-electron chi connectivity index (χ2n) is 4.95. The molecule has 96 valence electrons. The number of furan rings is 1. The van der Waals surface area contributed by atoms with Crippen LogP contribution in [-0.4, -0.2) is 4.98 Å².